The molecule has 1 aliphatic carbocycles. The average molecular weight is 340 g/mol. The number of carbonyl (C=O) groups is 2. The first kappa shape index (κ1) is 18.2. The SMILES string of the molecule is COC(=O)[C@H]1CC(CO[Si](C)(C)C(C)(C)C)=C[C@@H]2COC(=O)[C@H]21. The molecule has 1 fully saturated rings. The standard InChI is InChI=1S/C17H28O5Si/c1-17(2,3)23(5,6)22-9-11-7-12-10-21-16(19)14(12)13(8-11)15(18)20-4/h7,12-14H,8-10H2,1-6H3/t12-,13+,14-/m1/s1. The molecule has 23 heavy (non-hydrogen) atoms. The summed E-state index contributed by atoms with van der Waals surface area (Å²) in [4.78, 5) is 24.0. The molecule has 0 N–H and O–H groups in total. The lowest BCUT2D eigenvalue weighted by Crippen LogP contribution is -2.42. The lowest BCUT2D eigenvalue weighted by Gasteiger charge is -2.37. The lowest BCUT2D eigenvalue weighted by molar-refractivity contribution is -0.154. The van der Waals surface area contributed by atoms with Gasteiger partial charge in [-0.3, -0.25) is 9.59 Å². The Morgan fingerprint density at radius 2 is 2.04 bits per heavy atom. The monoisotopic (exact) mass is 340 g/mol. The molecular weight excluding hydrogens is 312 g/mol. The smallest absolute Gasteiger partial charge is 0.310 e. The fourth-order valence-electron chi connectivity index (χ4n) is 2.93. The minimum absolute atomic E-state index is 0.0432. The summed E-state index contributed by atoms with van der Waals surface area (Å²) in [5.41, 5.74) is 1.07. The van der Waals surface area contributed by atoms with Crippen molar-refractivity contribution in [2.75, 3.05) is 20.3 Å². The van der Waals surface area contributed by atoms with Crippen LogP contribution in [0.4, 0.5) is 0 Å². The van der Waals surface area contributed by atoms with Crippen molar-refractivity contribution in [3.63, 3.8) is 0 Å². The number of esters is 2. The van der Waals surface area contributed by atoms with Gasteiger partial charge in [-0.2, -0.15) is 0 Å². The van der Waals surface area contributed by atoms with Crippen LogP contribution in [-0.4, -0.2) is 40.6 Å². The summed E-state index contributed by atoms with van der Waals surface area (Å²) < 4.78 is 16.3. The maximum absolute atomic E-state index is 12.1. The molecule has 0 spiro atoms. The van der Waals surface area contributed by atoms with Gasteiger partial charge in [0.15, 0.2) is 8.32 Å². The highest BCUT2D eigenvalue weighted by molar-refractivity contribution is 6.74. The maximum atomic E-state index is 12.1. The predicted octanol–water partition coefficient (Wildman–Crippen LogP) is 2.92. The zero-order chi connectivity index (χ0) is 17.4. The minimum Gasteiger partial charge on any atom is -0.469 e. The molecule has 1 aliphatic heterocycles. The second-order valence-corrected chi connectivity index (χ2v) is 12.8. The van der Waals surface area contributed by atoms with Gasteiger partial charge in [-0.15, -0.1) is 0 Å². The van der Waals surface area contributed by atoms with Crippen LogP contribution in [0.2, 0.25) is 18.1 Å². The molecule has 3 atom stereocenters. The first-order valence-corrected chi connectivity index (χ1v) is 11.1. The average Bonchev–Trinajstić information content (AvgIpc) is 2.84. The van der Waals surface area contributed by atoms with Crippen molar-refractivity contribution in [3.8, 4) is 0 Å². The van der Waals surface area contributed by atoms with E-state index in [1.165, 1.54) is 7.11 Å². The number of hydrogen-bond donors (Lipinski definition) is 0. The van der Waals surface area contributed by atoms with Crippen LogP contribution in [0.5, 0.6) is 0 Å². The molecule has 0 aromatic rings. The number of fused-ring (bicyclic) bond motifs is 1. The van der Waals surface area contributed by atoms with Gasteiger partial charge in [0.1, 0.15) is 0 Å². The molecule has 2 rings (SSSR count). The zero-order valence-electron chi connectivity index (χ0n) is 15.0. The van der Waals surface area contributed by atoms with Crippen LogP contribution in [0.25, 0.3) is 0 Å². The van der Waals surface area contributed by atoms with Crippen LogP contribution >= 0.6 is 0 Å². The Hall–Kier alpha value is -1.14. The lowest BCUT2D eigenvalue weighted by atomic mass is 9.74. The van der Waals surface area contributed by atoms with Gasteiger partial charge < -0.3 is 13.9 Å². The quantitative estimate of drug-likeness (QED) is 0.447. The van der Waals surface area contributed by atoms with Crippen LogP contribution in [0.1, 0.15) is 27.2 Å². The summed E-state index contributed by atoms with van der Waals surface area (Å²) in [6.07, 6.45) is 2.58. The molecule has 1 saturated heterocycles. The number of hydrogen-bond acceptors (Lipinski definition) is 5. The van der Waals surface area contributed by atoms with E-state index < -0.39 is 20.2 Å². The summed E-state index contributed by atoms with van der Waals surface area (Å²) in [5.74, 6) is -1.52. The van der Waals surface area contributed by atoms with Crippen molar-refractivity contribution in [2.24, 2.45) is 17.8 Å². The van der Waals surface area contributed by atoms with Crippen LogP contribution < -0.4 is 0 Å². The number of cyclic esters (lactones) is 1. The van der Waals surface area contributed by atoms with E-state index in [1.807, 2.05) is 0 Å². The van der Waals surface area contributed by atoms with E-state index in [2.05, 4.69) is 39.9 Å². The van der Waals surface area contributed by atoms with Crippen LogP contribution in [0.3, 0.4) is 0 Å². The van der Waals surface area contributed by atoms with E-state index in [9.17, 15) is 9.59 Å². The Labute approximate surface area is 139 Å². The van der Waals surface area contributed by atoms with Gasteiger partial charge in [0, 0.05) is 5.92 Å². The topological polar surface area (TPSA) is 61.8 Å². The normalized spacial score (nSPS) is 28.0. The summed E-state index contributed by atoms with van der Waals surface area (Å²) in [7, 11) is -0.486. The summed E-state index contributed by atoms with van der Waals surface area (Å²) in [5, 5.41) is 0.138. The van der Waals surface area contributed by atoms with Crippen molar-refractivity contribution < 1.29 is 23.5 Å². The number of carbonyl (C=O) groups excluding carboxylic acids is 2. The largest absolute Gasteiger partial charge is 0.469 e. The molecule has 0 radical (unpaired) electrons. The fraction of sp³-hybridized carbons (Fsp3) is 0.765. The Kier molecular flexibility index (Phi) is 5.06. The molecule has 6 heteroatoms. The van der Waals surface area contributed by atoms with Gasteiger partial charge >= 0.3 is 11.9 Å². The molecule has 5 nitrogen and oxygen atoms in total. The Morgan fingerprint density at radius 3 is 2.61 bits per heavy atom. The van der Waals surface area contributed by atoms with Crippen molar-refractivity contribution in [1.29, 1.82) is 0 Å². The molecule has 2 aliphatic rings. The molecule has 130 valence electrons. The van der Waals surface area contributed by atoms with Crippen LogP contribution in [0.15, 0.2) is 11.6 Å². The third kappa shape index (κ3) is 3.69. The number of ether oxygens (including phenoxy) is 2. The van der Waals surface area contributed by atoms with Crippen molar-refractivity contribution >= 4 is 20.3 Å². The second-order valence-electron chi connectivity index (χ2n) is 8.03. The summed E-state index contributed by atoms with van der Waals surface area (Å²) in [6, 6.07) is 0. The van der Waals surface area contributed by atoms with Gasteiger partial charge in [-0.25, -0.2) is 0 Å². The first-order chi connectivity index (χ1) is 10.6. The molecule has 0 aromatic heterocycles. The molecule has 0 unspecified atom stereocenters. The van der Waals surface area contributed by atoms with Crippen molar-refractivity contribution in [1.82, 2.24) is 0 Å². The van der Waals surface area contributed by atoms with E-state index in [1.54, 1.807) is 0 Å². The van der Waals surface area contributed by atoms with E-state index in [0.717, 1.165) is 5.57 Å². The molecule has 0 saturated carbocycles. The highest BCUT2D eigenvalue weighted by Gasteiger charge is 2.48. The maximum Gasteiger partial charge on any atom is 0.310 e. The van der Waals surface area contributed by atoms with E-state index in [-0.39, 0.29) is 22.9 Å². The Balaban J connectivity index is 2.13. The Morgan fingerprint density at radius 1 is 1.39 bits per heavy atom. The zero-order valence-corrected chi connectivity index (χ0v) is 16.0. The van der Waals surface area contributed by atoms with E-state index in [0.29, 0.717) is 19.6 Å². The van der Waals surface area contributed by atoms with Gasteiger partial charge in [0.05, 0.1) is 32.2 Å². The third-order valence-electron chi connectivity index (χ3n) is 5.45. The van der Waals surface area contributed by atoms with Gasteiger partial charge in [-0.05, 0) is 30.1 Å². The van der Waals surface area contributed by atoms with E-state index >= 15 is 0 Å². The summed E-state index contributed by atoms with van der Waals surface area (Å²) >= 11 is 0. The summed E-state index contributed by atoms with van der Waals surface area (Å²) in [6.45, 7) is 11.9. The van der Waals surface area contributed by atoms with Crippen molar-refractivity contribution in [3.05, 3.63) is 11.6 Å². The van der Waals surface area contributed by atoms with Gasteiger partial charge in [0.2, 0.25) is 0 Å². The molecular formula is C17H28O5Si. The molecule has 0 amide bonds. The van der Waals surface area contributed by atoms with Crippen LogP contribution in [-0.2, 0) is 23.5 Å². The molecule has 1 heterocycles. The highest BCUT2D eigenvalue weighted by atomic mass is 28.4. The molecule has 0 bridgehead atoms. The van der Waals surface area contributed by atoms with Gasteiger partial charge in [-0.1, -0.05) is 26.8 Å². The first-order valence-electron chi connectivity index (χ1n) is 8.15. The number of rotatable bonds is 4. The van der Waals surface area contributed by atoms with Crippen molar-refractivity contribution in [2.45, 2.75) is 45.3 Å². The molecule has 0 aromatic carbocycles. The fourth-order valence-corrected chi connectivity index (χ4v) is 3.90. The van der Waals surface area contributed by atoms with Crippen LogP contribution in [0, 0.1) is 17.8 Å². The highest BCUT2D eigenvalue weighted by Crippen LogP contribution is 2.41. The third-order valence-corrected chi connectivity index (χ3v) is 9.92. The second kappa shape index (κ2) is 6.40. The van der Waals surface area contributed by atoms with Gasteiger partial charge in [0.25, 0.3) is 0 Å². The minimum atomic E-state index is -1.85. The Bertz CT molecular complexity index is 518. The number of methoxy groups -OCH3 is 1. The predicted molar refractivity (Wildman–Crippen MR) is 89.3 cm³/mol. The van der Waals surface area contributed by atoms with E-state index in [4.69, 9.17) is 13.9 Å².